The fourth-order valence-electron chi connectivity index (χ4n) is 0.791. The minimum atomic E-state index is -1.41. The van der Waals surface area contributed by atoms with Crippen molar-refractivity contribution in [3.8, 4) is 0 Å². The first-order valence-corrected chi connectivity index (χ1v) is 2.97. The highest BCUT2D eigenvalue weighted by molar-refractivity contribution is 4.81. The first kappa shape index (κ1) is 7.90. The van der Waals surface area contributed by atoms with Crippen LogP contribution in [0.1, 0.15) is 0 Å². The smallest absolute Gasteiger partial charge is 0.183 e. The fraction of sp³-hybridized carbons (Fsp3) is 1.00. The van der Waals surface area contributed by atoms with Crippen molar-refractivity contribution >= 4 is 0 Å². The second kappa shape index (κ2) is 2.81. The van der Waals surface area contributed by atoms with Crippen LogP contribution in [0.2, 0.25) is 0 Å². The fourth-order valence-corrected chi connectivity index (χ4v) is 0.791. The molecule has 0 aromatic rings. The van der Waals surface area contributed by atoms with E-state index < -0.39 is 24.6 Å². The summed E-state index contributed by atoms with van der Waals surface area (Å²) < 4.78 is 4.47. The summed E-state index contributed by atoms with van der Waals surface area (Å²) in [4.78, 5) is 0. The van der Waals surface area contributed by atoms with Crippen molar-refractivity contribution in [2.24, 2.45) is 0 Å². The lowest BCUT2D eigenvalue weighted by atomic mass is 10.1. The van der Waals surface area contributed by atoms with E-state index in [0.29, 0.717) is 0 Å². The van der Waals surface area contributed by atoms with Crippen LogP contribution in [0.5, 0.6) is 0 Å². The molecule has 5 nitrogen and oxygen atoms in total. The average Bonchev–Trinajstić information content (AvgIpc) is 1.93. The van der Waals surface area contributed by atoms with E-state index in [1.54, 1.807) is 0 Å². The van der Waals surface area contributed by atoms with Crippen LogP contribution < -0.4 is 0 Å². The van der Waals surface area contributed by atoms with Gasteiger partial charge in [0, 0.05) is 0 Å². The minimum Gasteiger partial charge on any atom is -0.388 e. The molecule has 0 amide bonds. The lowest BCUT2D eigenvalue weighted by Crippen LogP contribution is -2.52. The van der Waals surface area contributed by atoms with E-state index in [1.807, 2.05) is 0 Å². The number of rotatable bonds is 0. The number of ether oxygens (including phenoxy) is 1. The van der Waals surface area contributed by atoms with Gasteiger partial charge < -0.3 is 25.2 Å². The molecular weight excluding hydrogens is 140 g/mol. The van der Waals surface area contributed by atoms with Gasteiger partial charge >= 0.3 is 0 Å². The van der Waals surface area contributed by atoms with Crippen molar-refractivity contribution in [2.45, 2.75) is 24.6 Å². The van der Waals surface area contributed by atoms with Crippen LogP contribution in [-0.2, 0) is 4.74 Å². The Bertz CT molecular complexity index is 103. The van der Waals surface area contributed by atoms with Crippen molar-refractivity contribution in [1.29, 1.82) is 0 Å². The molecule has 60 valence electrons. The highest BCUT2D eigenvalue weighted by atomic mass is 16.6. The van der Waals surface area contributed by atoms with Gasteiger partial charge in [-0.15, -0.1) is 0 Å². The summed E-state index contributed by atoms with van der Waals surface area (Å²) in [6.07, 6.45) is -5.23. The molecule has 4 atom stereocenters. The Balaban J connectivity index is 2.52. The summed E-state index contributed by atoms with van der Waals surface area (Å²) in [5, 5.41) is 35.3. The third-order valence-electron chi connectivity index (χ3n) is 1.47. The van der Waals surface area contributed by atoms with E-state index in [1.165, 1.54) is 0 Å². The molecule has 0 spiro atoms. The monoisotopic (exact) mass is 150 g/mol. The topological polar surface area (TPSA) is 90.2 Å². The highest BCUT2D eigenvalue weighted by Gasteiger charge is 2.36. The summed E-state index contributed by atoms with van der Waals surface area (Å²) in [7, 11) is 0. The predicted molar refractivity (Wildman–Crippen MR) is 30.0 cm³/mol. The minimum absolute atomic E-state index is 0.153. The number of hydrogen-bond donors (Lipinski definition) is 4. The number of hydrogen-bond acceptors (Lipinski definition) is 5. The maximum Gasteiger partial charge on any atom is 0.183 e. The molecule has 1 heterocycles. The second-order valence-corrected chi connectivity index (χ2v) is 2.27. The average molecular weight is 150 g/mol. The van der Waals surface area contributed by atoms with Gasteiger partial charge in [0.1, 0.15) is 18.3 Å². The largest absolute Gasteiger partial charge is 0.388 e. The quantitative estimate of drug-likeness (QED) is 0.304. The van der Waals surface area contributed by atoms with Crippen molar-refractivity contribution < 1.29 is 25.2 Å². The summed E-state index contributed by atoms with van der Waals surface area (Å²) >= 11 is 0. The SMILES string of the molecule is O[C@@H]1[C@H](O)[C@H](O)OC[C@H]1O. The third kappa shape index (κ3) is 1.28. The molecule has 1 aliphatic rings. The van der Waals surface area contributed by atoms with Crippen LogP contribution >= 0.6 is 0 Å². The van der Waals surface area contributed by atoms with E-state index >= 15 is 0 Å². The van der Waals surface area contributed by atoms with Gasteiger partial charge in [0.2, 0.25) is 0 Å². The lowest BCUT2D eigenvalue weighted by Gasteiger charge is -2.31. The van der Waals surface area contributed by atoms with Gasteiger partial charge in [0.15, 0.2) is 6.29 Å². The molecule has 1 aliphatic heterocycles. The molecule has 0 aromatic carbocycles. The molecule has 4 N–H and O–H groups in total. The lowest BCUT2D eigenvalue weighted by molar-refractivity contribution is -0.252. The molecule has 0 saturated carbocycles. The van der Waals surface area contributed by atoms with Crippen molar-refractivity contribution in [1.82, 2.24) is 0 Å². The van der Waals surface area contributed by atoms with Gasteiger partial charge in [-0.05, 0) is 0 Å². The first-order chi connectivity index (χ1) is 4.63. The predicted octanol–water partition coefficient (Wildman–Crippen LogP) is -2.58. The van der Waals surface area contributed by atoms with Gasteiger partial charge in [0.05, 0.1) is 6.61 Å². The van der Waals surface area contributed by atoms with E-state index in [-0.39, 0.29) is 6.61 Å². The maximum atomic E-state index is 8.88. The summed E-state index contributed by atoms with van der Waals surface area (Å²) in [6.45, 7) is -0.153. The van der Waals surface area contributed by atoms with Crippen molar-refractivity contribution in [2.75, 3.05) is 6.61 Å². The molecule has 0 aliphatic carbocycles. The molecule has 10 heavy (non-hydrogen) atoms. The first-order valence-electron chi connectivity index (χ1n) is 2.97. The highest BCUT2D eigenvalue weighted by Crippen LogP contribution is 2.12. The van der Waals surface area contributed by atoms with E-state index in [2.05, 4.69) is 4.74 Å². The Morgan fingerprint density at radius 2 is 1.60 bits per heavy atom. The Hall–Kier alpha value is -0.200. The van der Waals surface area contributed by atoms with Crippen LogP contribution in [-0.4, -0.2) is 51.6 Å². The van der Waals surface area contributed by atoms with Crippen LogP contribution in [0.3, 0.4) is 0 Å². The number of aliphatic hydroxyl groups excluding tert-OH is 4. The van der Waals surface area contributed by atoms with Gasteiger partial charge in [-0.1, -0.05) is 0 Å². The zero-order valence-corrected chi connectivity index (χ0v) is 5.21. The van der Waals surface area contributed by atoms with Crippen LogP contribution in [0.4, 0.5) is 0 Å². The third-order valence-corrected chi connectivity index (χ3v) is 1.47. The maximum absolute atomic E-state index is 8.88. The molecule has 1 saturated heterocycles. The standard InChI is InChI=1S/C5H10O5/c6-2-1-10-5(9)4(8)3(2)7/h2-9H,1H2/t2-,3+,4+,5-/m1/s1. The van der Waals surface area contributed by atoms with Gasteiger partial charge in [-0.2, -0.15) is 0 Å². The molecule has 1 fully saturated rings. The van der Waals surface area contributed by atoms with Crippen LogP contribution in [0.25, 0.3) is 0 Å². The zero-order valence-electron chi connectivity index (χ0n) is 5.21. The molecule has 0 aromatic heterocycles. The molecule has 0 unspecified atom stereocenters. The van der Waals surface area contributed by atoms with Gasteiger partial charge in [-0.3, -0.25) is 0 Å². The Morgan fingerprint density at radius 3 is 2.10 bits per heavy atom. The number of aliphatic hydroxyl groups is 4. The Morgan fingerprint density at radius 1 is 1.00 bits per heavy atom. The van der Waals surface area contributed by atoms with E-state index in [4.69, 9.17) is 20.4 Å². The van der Waals surface area contributed by atoms with Crippen LogP contribution in [0, 0.1) is 0 Å². The molecule has 0 bridgehead atoms. The zero-order chi connectivity index (χ0) is 7.72. The van der Waals surface area contributed by atoms with Gasteiger partial charge in [-0.25, -0.2) is 0 Å². The summed E-state index contributed by atoms with van der Waals surface area (Å²) in [5.74, 6) is 0. The van der Waals surface area contributed by atoms with Gasteiger partial charge in [0.25, 0.3) is 0 Å². The second-order valence-electron chi connectivity index (χ2n) is 2.27. The van der Waals surface area contributed by atoms with Crippen molar-refractivity contribution in [3.63, 3.8) is 0 Å². The summed E-state index contributed by atoms with van der Waals surface area (Å²) in [5.41, 5.74) is 0. The van der Waals surface area contributed by atoms with Crippen LogP contribution in [0.15, 0.2) is 0 Å². The molecule has 5 heteroatoms. The van der Waals surface area contributed by atoms with E-state index in [9.17, 15) is 0 Å². The molecule has 0 radical (unpaired) electrons. The Labute approximate surface area is 57.5 Å². The van der Waals surface area contributed by atoms with E-state index in [0.717, 1.165) is 0 Å². The summed E-state index contributed by atoms with van der Waals surface area (Å²) in [6, 6.07) is 0. The molecular formula is C5H10O5. The van der Waals surface area contributed by atoms with Crippen molar-refractivity contribution in [3.05, 3.63) is 0 Å². The Kier molecular flexibility index (Phi) is 2.22. The normalized spacial score (nSPS) is 49.2. The molecule has 1 rings (SSSR count).